The zero-order valence-electron chi connectivity index (χ0n) is 16.7. The number of morpholine rings is 1. The van der Waals surface area contributed by atoms with Crippen molar-refractivity contribution in [3.8, 4) is 11.4 Å². The molecule has 8 nitrogen and oxygen atoms in total. The second kappa shape index (κ2) is 8.50. The van der Waals surface area contributed by atoms with E-state index >= 15 is 0 Å². The van der Waals surface area contributed by atoms with Crippen molar-refractivity contribution >= 4 is 5.91 Å². The molecular weight excluding hydrogens is 415 g/mol. The molecule has 4 rings (SSSR count). The quantitative estimate of drug-likeness (QED) is 0.609. The average Bonchev–Trinajstić information content (AvgIpc) is 3.43. The van der Waals surface area contributed by atoms with E-state index in [2.05, 4.69) is 15.2 Å². The Bertz CT molecular complexity index is 1060. The molecule has 0 saturated carbocycles. The van der Waals surface area contributed by atoms with Gasteiger partial charge in [-0.3, -0.25) is 9.48 Å². The molecule has 3 heterocycles. The zero-order chi connectivity index (χ0) is 22.0. The van der Waals surface area contributed by atoms with E-state index in [1.54, 1.807) is 21.8 Å². The van der Waals surface area contributed by atoms with Gasteiger partial charge in [-0.15, -0.1) is 0 Å². The van der Waals surface area contributed by atoms with Crippen LogP contribution in [0.3, 0.4) is 0 Å². The van der Waals surface area contributed by atoms with E-state index < -0.39 is 17.8 Å². The van der Waals surface area contributed by atoms with Crippen molar-refractivity contribution in [1.29, 1.82) is 0 Å². The fraction of sp³-hybridized carbons (Fsp3) is 0.400. The number of hydrogen-bond acceptors (Lipinski definition) is 6. The van der Waals surface area contributed by atoms with E-state index in [9.17, 15) is 18.0 Å². The van der Waals surface area contributed by atoms with Gasteiger partial charge in [-0.1, -0.05) is 24.2 Å². The number of aryl methyl sites for hydroxylation is 1. The first-order valence-electron chi connectivity index (χ1n) is 9.80. The van der Waals surface area contributed by atoms with E-state index in [4.69, 9.17) is 9.26 Å². The number of alkyl halides is 3. The predicted molar refractivity (Wildman–Crippen MR) is 102 cm³/mol. The van der Waals surface area contributed by atoms with Crippen molar-refractivity contribution in [2.75, 3.05) is 19.7 Å². The molecule has 1 atom stereocenters. The molecule has 1 amide bonds. The second-order valence-electron chi connectivity index (χ2n) is 7.11. The maximum absolute atomic E-state index is 13.0. The zero-order valence-corrected chi connectivity index (χ0v) is 16.7. The third-order valence-electron chi connectivity index (χ3n) is 4.83. The molecule has 0 N–H and O–H groups in total. The molecule has 31 heavy (non-hydrogen) atoms. The van der Waals surface area contributed by atoms with Gasteiger partial charge in [-0.2, -0.15) is 23.3 Å². The van der Waals surface area contributed by atoms with Gasteiger partial charge >= 0.3 is 6.18 Å². The number of ether oxygens (including phenoxy) is 1. The van der Waals surface area contributed by atoms with Gasteiger partial charge in [-0.25, -0.2) is 0 Å². The minimum atomic E-state index is -4.47. The monoisotopic (exact) mass is 435 g/mol. The lowest BCUT2D eigenvalue weighted by molar-refractivity contribution is -0.137. The summed E-state index contributed by atoms with van der Waals surface area (Å²) in [5, 5.41) is 8.07. The first-order chi connectivity index (χ1) is 14.8. The van der Waals surface area contributed by atoms with Crippen LogP contribution in [-0.4, -0.2) is 50.4 Å². The summed E-state index contributed by atoms with van der Waals surface area (Å²) in [6.45, 7) is 3.55. The van der Waals surface area contributed by atoms with Gasteiger partial charge in [0.2, 0.25) is 5.82 Å². The molecule has 2 aromatic heterocycles. The van der Waals surface area contributed by atoms with Crippen LogP contribution in [0.15, 0.2) is 41.1 Å². The van der Waals surface area contributed by atoms with E-state index in [0.717, 1.165) is 25.1 Å². The Hall–Kier alpha value is -3.21. The van der Waals surface area contributed by atoms with Crippen molar-refractivity contribution < 1.29 is 27.2 Å². The summed E-state index contributed by atoms with van der Waals surface area (Å²) in [6.07, 6.45) is -2.49. The Kier molecular flexibility index (Phi) is 5.77. The smallest absolute Gasteiger partial charge is 0.365 e. The van der Waals surface area contributed by atoms with Crippen LogP contribution in [0, 0.1) is 0 Å². The highest BCUT2D eigenvalue weighted by molar-refractivity contribution is 5.92. The summed E-state index contributed by atoms with van der Waals surface area (Å²) in [5.41, 5.74) is -0.288. The van der Waals surface area contributed by atoms with Gasteiger partial charge in [0, 0.05) is 24.8 Å². The molecule has 164 valence electrons. The molecule has 1 unspecified atom stereocenters. The van der Waals surface area contributed by atoms with Crippen molar-refractivity contribution in [2.45, 2.75) is 32.2 Å². The maximum atomic E-state index is 13.0. The fourth-order valence-corrected chi connectivity index (χ4v) is 3.29. The predicted octanol–water partition coefficient (Wildman–Crippen LogP) is 3.58. The number of halogens is 3. The summed E-state index contributed by atoms with van der Waals surface area (Å²) in [7, 11) is 0. The lowest BCUT2D eigenvalue weighted by Gasteiger charge is -2.30. The molecule has 1 aliphatic heterocycles. The summed E-state index contributed by atoms with van der Waals surface area (Å²) < 4.78 is 51.5. The van der Waals surface area contributed by atoms with Crippen molar-refractivity contribution in [3.63, 3.8) is 0 Å². The molecule has 0 spiro atoms. The van der Waals surface area contributed by atoms with Crippen LogP contribution >= 0.6 is 0 Å². The first kappa shape index (κ1) is 21.0. The molecule has 11 heteroatoms. The van der Waals surface area contributed by atoms with E-state index in [1.807, 2.05) is 6.92 Å². The lowest BCUT2D eigenvalue weighted by Crippen LogP contribution is -2.42. The molecule has 1 fully saturated rings. The molecule has 0 bridgehead atoms. The van der Waals surface area contributed by atoms with Crippen LogP contribution in [0.2, 0.25) is 0 Å². The number of hydrogen-bond donors (Lipinski definition) is 0. The molecule has 0 aliphatic carbocycles. The number of nitrogens with zero attached hydrogens (tertiary/aromatic N) is 5. The Morgan fingerprint density at radius 2 is 2.13 bits per heavy atom. The van der Waals surface area contributed by atoms with Crippen LogP contribution < -0.4 is 0 Å². The van der Waals surface area contributed by atoms with Crippen molar-refractivity contribution in [2.24, 2.45) is 0 Å². The van der Waals surface area contributed by atoms with Crippen molar-refractivity contribution in [3.05, 3.63) is 53.7 Å². The van der Waals surface area contributed by atoms with E-state index in [0.29, 0.717) is 12.2 Å². The summed E-state index contributed by atoms with van der Waals surface area (Å²) >= 11 is 0. The third-order valence-corrected chi connectivity index (χ3v) is 4.83. The lowest BCUT2D eigenvalue weighted by atomic mass is 10.1. The Balaban J connectivity index is 1.48. The third kappa shape index (κ3) is 4.61. The molecule has 1 aliphatic rings. The summed E-state index contributed by atoms with van der Waals surface area (Å²) in [4.78, 5) is 18.6. The van der Waals surface area contributed by atoms with Gasteiger partial charge in [0.25, 0.3) is 11.8 Å². The highest BCUT2D eigenvalue weighted by Crippen LogP contribution is 2.32. The molecule has 0 radical (unpaired) electrons. The summed E-state index contributed by atoms with van der Waals surface area (Å²) in [5.74, 6) is -0.117. The topological polar surface area (TPSA) is 86.3 Å². The van der Waals surface area contributed by atoms with Gasteiger partial charge in [0.1, 0.15) is 5.69 Å². The minimum absolute atomic E-state index is 0.0199. The number of carbonyl (C=O) groups excluding carboxylic acids is 1. The molecular formula is C20H20F3N5O3. The molecule has 3 aromatic rings. The molecule has 1 saturated heterocycles. The Morgan fingerprint density at radius 3 is 2.90 bits per heavy atom. The SMILES string of the molecule is CCCn1ccc(C(=O)N2CCOC(c3nc(-c4cccc(C(F)(F)F)c4)no3)C2)n1. The average molecular weight is 435 g/mol. The van der Waals surface area contributed by atoms with E-state index in [1.165, 1.54) is 12.1 Å². The van der Waals surface area contributed by atoms with E-state index in [-0.39, 0.29) is 36.3 Å². The van der Waals surface area contributed by atoms with Gasteiger partial charge in [0.15, 0.2) is 6.10 Å². The number of aromatic nitrogens is 4. The molecule has 1 aromatic carbocycles. The van der Waals surface area contributed by atoms with Crippen LogP contribution in [0.4, 0.5) is 13.2 Å². The van der Waals surface area contributed by atoms with Gasteiger partial charge in [0.05, 0.1) is 18.7 Å². The van der Waals surface area contributed by atoms with Crippen LogP contribution in [0.1, 0.15) is 41.4 Å². The Labute approximate surface area is 175 Å². The first-order valence-corrected chi connectivity index (χ1v) is 9.80. The normalized spacial score (nSPS) is 17.2. The number of carbonyl (C=O) groups is 1. The van der Waals surface area contributed by atoms with Crippen molar-refractivity contribution in [1.82, 2.24) is 24.8 Å². The van der Waals surface area contributed by atoms with Gasteiger partial charge in [-0.05, 0) is 24.6 Å². The second-order valence-corrected chi connectivity index (χ2v) is 7.11. The van der Waals surface area contributed by atoms with Crippen LogP contribution in [0.25, 0.3) is 11.4 Å². The summed E-state index contributed by atoms with van der Waals surface area (Å²) in [6, 6.07) is 6.34. The minimum Gasteiger partial charge on any atom is -0.365 e. The number of rotatable bonds is 5. The van der Waals surface area contributed by atoms with Gasteiger partial charge < -0.3 is 14.2 Å². The Morgan fingerprint density at radius 1 is 1.29 bits per heavy atom. The largest absolute Gasteiger partial charge is 0.416 e. The maximum Gasteiger partial charge on any atom is 0.416 e. The highest BCUT2D eigenvalue weighted by atomic mass is 19.4. The number of benzene rings is 1. The van der Waals surface area contributed by atoms with Crippen LogP contribution in [-0.2, 0) is 17.5 Å². The van der Waals surface area contributed by atoms with Crippen LogP contribution in [0.5, 0.6) is 0 Å². The standard InChI is InChI=1S/C20H20F3N5O3/c1-2-7-28-8-6-15(25-28)19(29)27-9-10-30-16(12-27)18-24-17(26-31-18)13-4-3-5-14(11-13)20(21,22)23/h3-6,8,11,16H,2,7,9-10,12H2,1H3. The number of amides is 1. The highest BCUT2D eigenvalue weighted by Gasteiger charge is 2.32. The fourth-order valence-electron chi connectivity index (χ4n) is 3.29.